The summed E-state index contributed by atoms with van der Waals surface area (Å²) in [6, 6.07) is 16.2. The van der Waals surface area contributed by atoms with Crippen LogP contribution in [-0.4, -0.2) is 11.6 Å². The number of nitrogens with zero attached hydrogens (tertiary/aromatic N) is 1. The zero-order valence-electron chi connectivity index (χ0n) is 13.5. The van der Waals surface area contributed by atoms with Crippen LogP contribution in [0.15, 0.2) is 48.5 Å². The molecule has 0 bridgehead atoms. The summed E-state index contributed by atoms with van der Waals surface area (Å²) in [7, 11) is 0. The summed E-state index contributed by atoms with van der Waals surface area (Å²) in [6.45, 7) is 2.08. The van der Waals surface area contributed by atoms with E-state index in [1.165, 1.54) is 12.0 Å². The average molecular weight is 306 g/mol. The highest BCUT2D eigenvalue weighted by Crippen LogP contribution is 2.42. The Morgan fingerprint density at radius 2 is 1.65 bits per heavy atom. The molecule has 3 heteroatoms. The maximum atomic E-state index is 13.3. The van der Waals surface area contributed by atoms with E-state index in [0.29, 0.717) is 0 Å². The van der Waals surface area contributed by atoms with Crippen LogP contribution in [0.1, 0.15) is 48.0 Å². The van der Waals surface area contributed by atoms with E-state index in [4.69, 9.17) is 0 Å². The summed E-state index contributed by atoms with van der Waals surface area (Å²) in [5.74, 6) is 0.116. The molecule has 118 valence electrons. The summed E-state index contributed by atoms with van der Waals surface area (Å²) < 4.78 is 0. The van der Waals surface area contributed by atoms with Gasteiger partial charge in [-0.1, -0.05) is 36.2 Å². The van der Waals surface area contributed by atoms with Crippen LogP contribution < -0.4 is 10.2 Å². The lowest BCUT2D eigenvalue weighted by molar-refractivity contribution is 0.0938. The zero-order valence-corrected chi connectivity index (χ0v) is 13.5. The predicted molar refractivity (Wildman–Crippen MR) is 93.9 cm³/mol. The lowest BCUT2D eigenvalue weighted by Crippen LogP contribution is -2.61. The van der Waals surface area contributed by atoms with Gasteiger partial charge in [0.25, 0.3) is 5.91 Å². The number of aryl methyl sites for hydroxylation is 1. The van der Waals surface area contributed by atoms with Crippen LogP contribution in [0, 0.1) is 6.92 Å². The van der Waals surface area contributed by atoms with Gasteiger partial charge in [-0.15, -0.1) is 0 Å². The van der Waals surface area contributed by atoms with E-state index in [9.17, 15) is 4.79 Å². The molecule has 1 amide bonds. The minimum absolute atomic E-state index is 0.116. The molecule has 0 atom stereocenters. The smallest absolute Gasteiger partial charge is 0.262 e. The van der Waals surface area contributed by atoms with Crippen LogP contribution in [0.3, 0.4) is 0 Å². The van der Waals surface area contributed by atoms with Crippen LogP contribution in [0.5, 0.6) is 0 Å². The van der Waals surface area contributed by atoms with E-state index < -0.39 is 0 Å². The SMILES string of the molecule is Cc1ccc(N2C(=O)c3ccccc3NC23CCCCC3)cc1. The number of carbonyl (C=O) groups excluding carboxylic acids is 1. The highest BCUT2D eigenvalue weighted by Gasteiger charge is 2.45. The van der Waals surface area contributed by atoms with Gasteiger partial charge < -0.3 is 5.32 Å². The van der Waals surface area contributed by atoms with Gasteiger partial charge >= 0.3 is 0 Å². The molecule has 1 N–H and O–H groups in total. The van der Waals surface area contributed by atoms with E-state index in [-0.39, 0.29) is 11.6 Å². The summed E-state index contributed by atoms with van der Waals surface area (Å²) in [6.07, 6.45) is 5.57. The highest BCUT2D eigenvalue weighted by molar-refractivity contribution is 6.12. The van der Waals surface area contributed by atoms with Crippen molar-refractivity contribution in [1.82, 2.24) is 0 Å². The molecule has 0 saturated heterocycles. The second kappa shape index (κ2) is 5.41. The first-order valence-electron chi connectivity index (χ1n) is 8.48. The first-order valence-corrected chi connectivity index (χ1v) is 8.48. The van der Waals surface area contributed by atoms with Crippen LogP contribution in [0.2, 0.25) is 0 Å². The first-order chi connectivity index (χ1) is 11.2. The van der Waals surface area contributed by atoms with Gasteiger partial charge in [0, 0.05) is 11.4 Å². The monoisotopic (exact) mass is 306 g/mol. The Labute approximate surface area is 137 Å². The Bertz CT molecular complexity index is 730. The summed E-state index contributed by atoms with van der Waals surface area (Å²) >= 11 is 0. The number of hydrogen-bond acceptors (Lipinski definition) is 2. The van der Waals surface area contributed by atoms with Gasteiger partial charge in [-0.2, -0.15) is 0 Å². The lowest BCUT2D eigenvalue weighted by Gasteiger charge is -2.50. The standard InChI is InChI=1S/C20H22N2O/c1-15-9-11-16(12-10-15)22-19(23)17-7-3-4-8-18(17)21-20(22)13-5-2-6-14-20/h3-4,7-12,21H,2,5-6,13-14H2,1H3. The molecule has 1 spiro atoms. The van der Waals surface area contributed by atoms with Crippen molar-refractivity contribution in [2.45, 2.75) is 44.7 Å². The summed E-state index contributed by atoms with van der Waals surface area (Å²) in [5, 5.41) is 3.71. The fourth-order valence-electron chi connectivity index (χ4n) is 3.94. The van der Waals surface area contributed by atoms with E-state index in [1.807, 2.05) is 29.2 Å². The molecule has 2 aliphatic rings. The quantitative estimate of drug-likeness (QED) is 0.826. The van der Waals surface area contributed by atoms with Crippen LogP contribution in [0.4, 0.5) is 11.4 Å². The van der Waals surface area contributed by atoms with Crippen molar-refractivity contribution in [1.29, 1.82) is 0 Å². The molecule has 2 aromatic rings. The largest absolute Gasteiger partial charge is 0.362 e. The number of fused-ring (bicyclic) bond motifs is 1. The van der Waals surface area contributed by atoms with Crippen LogP contribution in [-0.2, 0) is 0 Å². The first kappa shape index (κ1) is 14.3. The Balaban J connectivity index is 1.85. The molecule has 2 aromatic carbocycles. The maximum absolute atomic E-state index is 13.3. The highest BCUT2D eigenvalue weighted by atomic mass is 16.2. The van der Waals surface area contributed by atoms with E-state index in [1.54, 1.807) is 0 Å². The number of rotatable bonds is 1. The van der Waals surface area contributed by atoms with E-state index >= 15 is 0 Å². The molecule has 1 aliphatic carbocycles. The van der Waals surface area contributed by atoms with Crippen LogP contribution in [0.25, 0.3) is 0 Å². The molecule has 1 saturated carbocycles. The second-order valence-electron chi connectivity index (χ2n) is 6.74. The number of nitrogens with one attached hydrogen (secondary N) is 1. The molecule has 0 aromatic heterocycles. The van der Waals surface area contributed by atoms with Gasteiger partial charge in [0.05, 0.1) is 5.56 Å². The number of anilines is 2. The van der Waals surface area contributed by atoms with Gasteiger partial charge in [0.2, 0.25) is 0 Å². The Kier molecular flexibility index (Phi) is 3.37. The van der Waals surface area contributed by atoms with E-state index in [2.05, 4.69) is 36.5 Å². The summed E-state index contributed by atoms with van der Waals surface area (Å²) in [5.41, 5.74) is 3.67. The van der Waals surface area contributed by atoms with Gasteiger partial charge in [-0.05, 0) is 56.9 Å². The molecule has 3 nitrogen and oxygen atoms in total. The molecule has 1 heterocycles. The number of benzene rings is 2. The van der Waals surface area contributed by atoms with Crippen molar-refractivity contribution in [3.63, 3.8) is 0 Å². The van der Waals surface area contributed by atoms with Crippen molar-refractivity contribution in [3.8, 4) is 0 Å². The summed E-state index contributed by atoms with van der Waals surface area (Å²) in [4.78, 5) is 15.3. The molecular weight excluding hydrogens is 284 g/mol. The second-order valence-corrected chi connectivity index (χ2v) is 6.74. The normalized spacial score (nSPS) is 19.3. The number of carbonyl (C=O) groups is 1. The zero-order chi connectivity index (χ0) is 15.9. The van der Waals surface area contributed by atoms with Crippen molar-refractivity contribution in [3.05, 3.63) is 59.7 Å². The minimum atomic E-state index is -0.279. The molecule has 0 radical (unpaired) electrons. The third-order valence-electron chi connectivity index (χ3n) is 5.13. The molecular formula is C20H22N2O. The molecule has 23 heavy (non-hydrogen) atoms. The molecule has 0 unspecified atom stereocenters. The Morgan fingerprint density at radius 1 is 0.957 bits per heavy atom. The minimum Gasteiger partial charge on any atom is -0.362 e. The third kappa shape index (κ3) is 2.31. The average Bonchev–Trinajstić information content (AvgIpc) is 2.57. The lowest BCUT2D eigenvalue weighted by atomic mass is 9.84. The number of hydrogen-bond donors (Lipinski definition) is 1. The van der Waals surface area contributed by atoms with Crippen molar-refractivity contribution < 1.29 is 4.79 Å². The Hall–Kier alpha value is -2.29. The molecule has 1 fully saturated rings. The topological polar surface area (TPSA) is 32.3 Å². The molecule has 1 aliphatic heterocycles. The van der Waals surface area contributed by atoms with Crippen molar-refractivity contribution >= 4 is 17.3 Å². The number of para-hydroxylation sites is 1. The maximum Gasteiger partial charge on any atom is 0.262 e. The Morgan fingerprint density at radius 3 is 2.39 bits per heavy atom. The van der Waals surface area contributed by atoms with Gasteiger partial charge in [-0.3, -0.25) is 9.69 Å². The molecule has 4 rings (SSSR count). The van der Waals surface area contributed by atoms with Crippen molar-refractivity contribution in [2.75, 3.05) is 10.2 Å². The van der Waals surface area contributed by atoms with E-state index in [0.717, 1.165) is 42.6 Å². The van der Waals surface area contributed by atoms with Gasteiger partial charge in [0.15, 0.2) is 0 Å². The predicted octanol–water partition coefficient (Wildman–Crippen LogP) is 4.73. The van der Waals surface area contributed by atoms with Crippen molar-refractivity contribution in [2.24, 2.45) is 0 Å². The van der Waals surface area contributed by atoms with Crippen LogP contribution >= 0.6 is 0 Å². The van der Waals surface area contributed by atoms with Gasteiger partial charge in [-0.25, -0.2) is 0 Å². The third-order valence-corrected chi connectivity index (χ3v) is 5.13. The fourth-order valence-corrected chi connectivity index (χ4v) is 3.94. The number of amides is 1. The fraction of sp³-hybridized carbons (Fsp3) is 0.350. The van der Waals surface area contributed by atoms with Gasteiger partial charge in [0.1, 0.15) is 5.66 Å².